The number of aliphatic imine (C=N–C) groups is 1. The van der Waals surface area contributed by atoms with Crippen molar-refractivity contribution in [2.24, 2.45) is 4.99 Å². The third kappa shape index (κ3) is 7.70. The van der Waals surface area contributed by atoms with Gasteiger partial charge >= 0.3 is 0 Å². The summed E-state index contributed by atoms with van der Waals surface area (Å²) in [5, 5.41) is 6.66. The van der Waals surface area contributed by atoms with Crippen LogP contribution in [-0.4, -0.2) is 51.9 Å². The standard InChI is InChI=1S/C18H32N4O.HI/c1-7-22(16-11-9-8-10-15(16)2)13-12-20-17(19-5)21-14-18(3,4)23-6;/h8-11H,7,12-14H2,1-6H3,(H2,19,20,21);1H. The summed E-state index contributed by atoms with van der Waals surface area (Å²) in [5.74, 6) is 0.802. The van der Waals surface area contributed by atoms with Crippen LogP contribution in [0.15, 0.2) is 29.3 Å². The normalized spacial score (nSPS) is 11.7. The van der Waals surface area contributed by atoms with Gasteiger partial charge < -0.3 is 20.3 Å². The molecule has 0 aliphatic rings. The highest BCUT2D eigenvalue weighted by Crippen LogP contribution is 2.18. The summed E-state index contributed by atoms with van der Waals surface area (Å²) in [6.07, 6.45) is 0. The van der Waals surface area contributed by atoms with E-state index in [0.717, 1.165) is 25.6 Å². The Balaban J connectivity index is 0.00000529. The maximum atomic E-state index is 5.41. The lowest BCUT2D eigenvalue weighted by Crippen LogP contribution is -2.47. The zero-order valence-electron chi connectivity index (χ0n) is 15.8. The Labute approximate surface area is 164 Å². The fraction of sp³-hybridized carbons (Fsp3) is 0.611. The monoisotopic (exact) mass is 448 g/mol. The molecule has 1 rings (SSSR count). The number of likely N-dealkylation sites (N-methyl/N-ethyl adjacent to an activating group) is 1. The summed E-state index contributed by atoms with van der Waals surface area (Å²) >= 11 is 0. The summed E-state index contributed by atoms with van der Waals surface area (Å²) in [6.45, 7) is 11.9. The fourth-order valence-corrected chi connectivity index (χ4v) is 2.27. The minimum absolute atomic E-state index is 0. The van der Waals surface area contributed by atoms with Crippen molar-refractivity contribution in [2.45, 2.75) is 33.3 Å². The van der Waals surface area contributed by atoms with Crippen LogP contribution in [0.3, 0.4) is 0 Å². The predicted octanol–water partition coefficient (Wildman–Crippen LogP) is 3.03. The Bertz CT molecular complexity index is 506. The van der Waals surface area contributed by atoms with Gasteiger partial charge in [-0.15, -0.1) is 24.0 Å². The molecular formula is C18H33IN4O. The number of aryl methyl sites for hydroxylation is 1. The molecule has 0 heterocycles. The average molecular weight is 448 g/mol. The minimum atomic E-state index is -0.214. The molecule has 0 saturated carbocycles. The lowest BCUT2D eigenvalue weighted by atomic mass is 10.1. The van der Waals surface area contributed by atoms with Gasteiger partial charge in [0.2, 0.25) is 0 Å². The van der Waals surface area contributed by atoms with E-state index in [1.54, 1.807) is 14.2 Å². The van der Waals surface area contributed by atoms with Crippen LogP contribution < -0.4 is 15.5 Å². The van der Waals surface area contributed by atoms with Crippen LogP contribution in [0.4, 0.5) is 5.69 Å². The van der Waals surface area contributed by atoms with Crippen LogP contribution in [0, 0.1) is 6.92 Å². The van der Waals surface area contributed by atoms with Crippen molar-refractivity contribution in [3.05, 3.63) is 29.8 Å². The van der Waals surface area contributed by atoms with E-state index < -0.39 is 0 Å². The fourth-order valence-electron chi connectivity index (χ4n) is 2.27. The third-order valence-electron chi connectivity index (χ3n) is 3.97. The molecule has 0 aliphatic heterocycles. The number of nitrogens with zero attached hydrogens (tertiary/aromatic N) is 2. The number of hydrogen-bond acceptors (Lipinski definition) is 3. The van der Waals surface area contributed by atoms with Gasteiger partial charge in [-0.1, -0.05) is 18.2 Å². The van der Waals surface area contributed by atoms with Crippen LogP contribution in [0.25, 0.3) is 0 Å². The predicted molar refractivity (Wildman–Crippen MR) is 115 cm³/mol. The molecule has 0 radical (unpaired) electrons. The van der Waals surface area contributed by atoms with E-state index in [4.69, 9.17) is 4.74 Å². The molecule has 2 N–H and O–H groups in total. The minimum Gasteiger partial charge on any atom is -0.377 e. The summed E-state index contributed by atoms with van der Waals surface area (Å²) in [7, 11) is 3.51. The molecule has 0 unspecified atom stereocenters. The molecule has 138 valence electrons. The number of para-hydroxylation sites is 1. The molecule has 0 atom stereocenters. The molecule has 0 aromatic heterocycles. The Morgan fingerprint density at radius 2 is 1.92 bits per heavy atom. The lowest BCUT2D eigenvalue weighted by molar-refractivity contribution is 0.0268. The molecule has 0 bridgehead atoms. The number of ether oxygens (including phenoxy) is 1. The first-order valence-corrected chi connectivity index (χ1v) is 8.23. The molecule has 6 heteroatoms. The van der Waals surface area contributed by atoms with Crippen molar-refractivity contribution < 1.29 is 4.74 Å². The Morgan fingerprint density at radius 3 is 2.46 bits per heavy atom. The number of methoxy groups -OCH3 is 1. The molecule has 1 aromatic carbocycles. The van der Waals surface area contributed by atoms with Crippen LogP contribution in [0.2, 0.25) is 0 Å². The summed E-state index contributed by atoms with van der Waals surface area (Å²) in [4.78, 5) is 6.63. The molecule has 0 aliphatic carbocycles. The van der Waals surface area contributed by atoms with Gasteiger partial charge in [0.05, 0.1) is 5.60 Å². The molecule has 0 saturated heterocycles. The van der Waals surface area contributed by atoms with E-state index >= 15 is 0 Å². The summed E-state index contributed by atoms with van der Waals surface area (Å²) in [6, 6.07) is 8.49. The van der Waals surface area contributed by atoms with Crippen molar-refractivity contribution in [3.63, 3.8) is 0 Å². The number of benzene rings is 1. The highest BCUT2D eigenvalue weighted by Gasteiger charge is 2.16. The van der Waals surface area contributed by atoms with E-state index in [0.29, 0.717) is 6.54 Å². The summed E-state index contributed by atoms with van der Waals surface area (Å²) < 4.78 is 5.41. The molecule has 0 fully saturated rings. The van der Waals surface area contributed by atoms with Gasteiger partial charge in [-0.25, -0.2) is 0 Å². The van der Waals surface area contributed by atoms with Crippen LogP contribution in [0.1, 0.15) is 26.3 Å². The first-order valence-electron chi connectivity index (χ1n) is 8.23. The van der Waals surface area contributed by atoms with Gasteiger partial charge in [-0.05, 0) is 39.3 Å². The van der Waals surface area contributed by atoms with Gasteiger partial charge in [0, 0.05) is 46.0 Å². The zero-order chi connectivity index (χ0) is 17.3. The topological polar surface area (TPSA) is 48.9 Å². The Morgan fingerprint density at radius 1 is 1.25 bits per heavy atom. The van der Waals surface area contributed by atoms with Gasteiger partial charge in [0.25, 0.3) is 0 Å². The Kier molecular flexibility index (Phi) is 11.0. The van der Waals surface area contributed by atoms with Gasteiger partial charge in [-0.3, -0.25) is 4.99 Å². The van der Waals surface area contributed by atoms with Crippen molar-refractivity contribution in [1.29, 1.82) is 0 Å². The quantitative estimate of drug-likeness (QED) is 0.365. The number of nitrogens with one attached hydrogen (secondary N) is 2. The van der Waals surface area contributed by atoms with Crippen molar-refractivity contribution in [2.75, 3.05) is 45.2 Å². The number of anilines is 1. The summed E-state index contributed by atoms with van der Waals surface area (Å²) in [5.41, 5.74) is 2.38. The first kappa shape index (κ1) is 23.0. The van der Waals surface area contributed by atoms with Crippen LogP contribution in [-0.2, 0) is 4.74 Å². The Hall–Kier alpha value is -1.02. The van der Waals surface area contributed by atoms with E-state index in [1.165, 1.54) is 11.3 Å². The van der Waals surface area contributed by atoms with E-state index in [-0.39, 0.29) is 29.6 Å². The second-order valence-electron chi connectivity index (χ2n) is 6.18. The second kappa shape index (κ2) is 11.5. The lowest BCUT2D eigenvalue weighted by Gasteiger charge is -2.27. The molecular weight excluding hydrogens is 415 g/mol. The van der Waals surface area contributed by atoms with E-state index in [2.05, 4.69) is 58.6 Å². The number of guanidine groups is 1. The van der Waals surface area contributed by atoms with Gasteiger partial charge in [0.1, 0.15) is 0 Å². The molecule has 24 heavy (non-hydrogen) atoms. The largest absolute Gasteiger partial charge is 0.377 e. The third-order valence-corrected chi connectivity index (χ3v) is 3.97. The first-order chi connectivity index (χ1) is 10.9. The molecule has 0 amide bonds. The molecule has 1 aromatic rings. The molecule has 5 nitrogen and oxygen atoms in total. The van der Waals surface area contributed by atoms with Gasteiger partial charge in [-0.2, -0.15) is 0 Å². The van der Waals surface area contributed by atoms with Crippen LogP contribution in [0.5, 0.6) is 0 Å². The van der Waals surface area contributed by atoms with Crippen LogP contribution >= 0.6 is 24.0 Å². The number of hydrogen-bond donors (Lipinski definition) is 2. The van der Waals surface area contributed by atoms with E-state index in [1.807, 2.05) is 13.8 Å². The molecule has 0 spiro atoms. The zero-order valence-corrected chi connectivity index (χ0v) is 18.2. The second-order valence-corrected chi connectivity index (χ2v) is 6.18. The smallest absolute Gasteiger partial charge is 0.191 e. The highest BCUT2D eigenvalue weighted by molar-refractivity contribution is 14.0. The number of halogens is 1. The highest BCUT2D eigenvalue weighted by atomic mass is 127. The number of rotatable bonds is 8. The SMILES string of the molecule is CCN(CCNC(=NC)NCC(C)(C)OC)c1ccccc1C.I. The van der Waals surface area contributed by atoms with Crippen molar-refractivity contribution >= 4 is 35.6 Å². The van der Waals surface area contributed by atoms with Crippen molar-refractivity contribution in [3.8, 4) is 0 Å². The average Bonchev–Trinajstić information content (AvgIpc) is 2.55. The van der Waals surface area contributed by atoms with Crippen molar-refractivity contribution in [1.82, 2.24) is 10.6 Å². The van der Waals surface area contributed by atoms with E-state index in [9.17, 15) is 0 Å². The maximum Gasteiger partial charge on any atom is 0.191 e. The maximum absolute atomic E-state index is 5.41. The van der Waals surface area contributed by atoms with Gasteiger partial charge in [0.15, 0.2) is 5.96 Å².